The van der Waals surface area contributed by atoms with Crippen LogP contribution in [0.3, 0.4) is 0 Å². The van der Waals surface area contributed by atoms with Gasteiger partial charge in [-0.3, -0.25) is 0 Å². The van der Waals surface area contributed by atoms with E-state index in [2.05, 4.69) is 10.3 Å². The second-order valence-corrected chi connectivity index (χ2v) is 5.55. The quantitative estimate of drug-likeness (QED) is 0.876. The van der Waals surface area contributed by atoms with Gasteiger partial charge in [-0.1, -0.05) is 22.9 Å². The molecule has 0 aliphatic carbocycles. The van der Waals surface area contributed by atoms with Gasteiger partial charge < -0.3 is 15.8 Å². The zero-order chi connectivity index (χ0) is 11.8. The highest BCUT2D eigenvalue weighted by molar-refractivity contribution is 7.22. The number of hydrogen-bond donors (Lipinski definition) is 2. The van der Waals surface area contributed by atoms with E-state index < -0.39 is 0 Å². The zero-order valence-corrected chi connectivity index (χ0v) is 10.6. The molecule has 1 saturated heterocycles. The molecule has 90 valence electrons. The number of ether oxygens (including phenoxy) is 1. The number of benzene rings is 1. The van der Waals surface area contributed by atoms with E-state index in [1.807, 2.05) is 18.2 Å². The third kappa shape index (κ3) is 2.24. The third-order valence-corrected chi connectivity index (χ3v) is 3.97. The Hall–Kier alpha value is -0.880. The summed E-state index contributed by atoms with van der Waals surface area (Å²) >= 11 is 7.52. The fourth-order valence-corrected chi connectivity index (χ4v) is 3.04. The van der Waals surface area contributed by atoms with Crippen molar-refractivity contribution < 1.29 is 4.74 Å². The normalized spacial score (nSPS) is 24.4. The molecule has 4 nitrogen and oxygen atoms in total. The molecule has 1 fully saturated rings. The second kappa shape index (κ2) is 4.42. The monoisotopic (exact) mass is 269 g/mol. The highest BCUT2D eigenvalue weighted by atomic mass is 35.5. The molecule has 3 N–H and O–H groups in total. The van der Waals surface area contributed by atoms with Crippen LogP contribution in [0.2, 0.25) is 5.02 Å². The largest absolute Gasteiger partial charge is 0.378 e. The van der Waals surface area contributed by atoms with Gasteiger partial charge in [-0.2, -0.15) is 0 Å². The summed E-state index contributed by atoms with van der Waals surface area (Å²) in [6, 6.07) is 5.86. The van der Waals surface area contributed by atoms with Crippen molar-refractivity contribution in [2.75, 3.05) is 18.5 Å². The van der Waals surface area contributed by atoms with Crippen LogP contribution in [0.25, 0.3) is 10.2 Å². The summed E-state index contributed by atoms with van der Waals surface area (Å²) in [6.45, 7) is 1.24. The molecule has 0 amide bonds. The minimum Gasteiger partial charge on any atom is -0.378 e. The van der Waals surface area contributed by atoms with Gasteiger partial charge in [0.25, 0.3) is 0 Å². The van der Waals surface area contributed by atoms with Crippen molar-refractivity contribution in [1.29, 1.82) is 0 Å². The first-order chi connectivity index (χ1) is 8.22. The lowest BCUT2D eigenvalue weighted by atomic mass is 10.2. The minimum atomic E-state index is 0.0330. The first-order valence-corrected chi connectivity index (χ1v) is 6.58. The van der Waals surface area contributed by atoms with Crippen LogP contribution in [0, 0.1) is 0 Å². The number of nitrogens with zero attached hydrogens (tertiary/aromatic N) is 1. The summed E-state index contributed by atoms with van der Waals surface area (Å²) in [5, 5.41) is 4.91. The Bertz CT molecular complexity index is 544. The lowest BCUT2D eigenvalue weighted by molar-refractivity contribution is 0.192. The smallest absolute Gasteiger partial charge is 0.184 e. The molecule has 1 aliphatic heterocycles. The van der Waals surface area contributed by atoms with Gasteiger partial charge in [-0.05, 0) is 18.2 Å². The molecule has 2 heterocycles. The van der Waals surface area contributed by atoms with Crippen molar-refractivity contribution in [1.82, 2.24) is 4.98 Å². The Labute approximate surface area is 108 Å². The minimum absolute atomic E-state index is 0.0330. The molecule has 2 unspecified atom stereocenters. The molecule has 0 spiro atoms. The summed E-state index contributed by atoms with van der Waals surface area (Å²) in [5.41, 5.74) is 6.87. The molecule has 0 bridgehead atoms. The molecule has 6 heteroatoms. The Balaban J connectivity index is 1.85. The first kappa shape index (κ1) is 11.2. The summed E-state index contributed by atoms with van der Waals surface area (Å²) in [5.74, 6) is 0. The number of halogens is 1. The Morgan fingerprint density at radius 1 is 1.47 bits per heavy atom. The van der Waals surface area contributed by atoms with Gasteiger partial charge in [0.2, 0.25) is 0 Å². The average Bonchev–Trinajstić information content (AvgIpc) is 2.85. The number of aromatic nitrogens is 1. The lowest BCUT2D eigenvalue weighted by Crippen LogP contribution is -2.38. The standard InChI is InChI=1S/C11H12ClN3OS/c12-6-1-2-8-10(3-6)17-11(14-8)15-9-5-16-4-7(9)13/h1-3,7,9H,4-5,13H2,(H,14,15). The van der Waals surface area contributed by atoms with Crippen molar-refractivity contribution in [3.63, 3.8) is 0 Å². The SMILES string of the molecule is NC1COCC1Nc1nc2ccc(Cl)cc2s1. The highest BCUT2D eigenvalue weighted by Gasteiger charge is 2.25. The predicted molar refractivity (Wildman–Crippen MR) is 70.8 cm³/mol. The number of nitrogens with two attached hydrogens (primary N) is 1. The van der Waals surface area contributed by atoms with E-state index in [4.69, 9.17) is 22.1 Å². The fraction of sp³-hybridized carbons (Fsp3) is 0.364. The summed E-state index contributed by atoms with van der Waals surface area (Å²) in [4.78, 5) is 4.49. The molecule has 3 rings (SSSR count). The average molecular weight is 270 g/mol. The molecular weight excluding hydrogens is 258 g/mol. The van der Waals surface area contributed by atoms with Gasteiger partial charge in [0.05, 0.1) is 35.5 Å². The predicted octanol–water partition coefficient (Wildman–Crippen LogP) is 2.09. The first-order valence-electron chi connectivity index (χ1n) is 5.38. The van der Waals surface area contributed by atoms with Crippen LogP contribution >= 0.6 is 22.9 Å². The summed E-state index contributed by atoms with van der Waals surface area (Å²) in [7, 11) is 0. The van der Waals surface area contributed by atoms with Gasteiger partial charge in [0.1, 0.15) is 0 Å². The van der Waals surface area contributed by atoms with Crippen LogP contribution in [-0.4, -0.2) is 30.3 Å². The number of fused-ring (bicyclic) bond motifs is 1. The maximum absolute atomic E-state index is 5.94. The lowest BCUT2D eigenvalue weighted by Gasteiger charge is -2.13. The fourth-order valence-electron chi connectivity index (χ4n) is 1.84. The Morgan fingerprint density at radius 2 is 2.35 bits per heavy atom. The number of rotatable bonds is 2. The van der Waals surface area contributed by atoms with Gasteiger partial charge >= 0.3 is 0 Å². The van der Waals surface area contributed by atoms with Gasteiger partial charge in [-0.25, -0.2) is 4.98 Å². The third-order valence-electron chi connectivity index (χ3n) is 2.78. The van der Waals surface area contributed by atoms with Crippen LogP contribution < -0.4 is 11.1 Å². The van der Waals surface area contributed by atoms with E-state index in [1.54, 1.807) is 11.3 Å². The summed E-state index contributed by atoms with van der Waals surface area (Å²) < 4.78 is 6.38. The van der Waals surface area contributed by atoms with Crippen LogP contribution in [0.4, 0.5) is 5.13 Å². The van der Waals surface area contributed by atoms with Crippen molar-refractivity contribution in [2.45, 2.75) is 12.1 Å². The van der Waals surface area contributed by atoms with E-state index in [-0.39, 0.29) is 12.1 Å². The van der Waals surface area contributed by atoms with Gasteiger partial charge in [-0.15, -0.1) is 0 Å². The van der Waals surface area contributed by atoms with Crippen LogP contribution in [-0.2, 0) is 4.74 Å². The molecule has 2 atom stereocenters. The molecule has 17 heavy (non-hydrogen) atoms. The molecule has 0 saturated carbocycles. The number of nitrogens with one attached hydrogen (secondary N) is 1. The van der Waals surface area contributed by atoms with Crippen LogP contribution in [0.5, 0.6) is 0 Å². The number of anilines is 1. The molecule has 2 aromatic rings. The molecular formula is C11H12ClN3OS. The number of hydrogen-bond acceptors (Lipinski definition) is 5. The van der Waals surface area contributed by atoms with E-state index >= 15 is 0 Å². The van der Waals surface area contributed by atoms with Gasteiger partial charge in [0.15, 0.2) is 5.13 Å². The van der Waals surface area contributed by atoms with Crippen molar-refractivity contribution in [3.05, 3.63) is 23.2 Å². The van der Waals surface area contributed by atoms with Crippen LogP contribution in [0.15, 0.2) is 18.2 Å². The second-order valence-electron chi connectivity index (χ2n) is 4.08. The van der Waals surface area contributed by atoms with Crippen LogP contribution in [0.1, 0.15) is 0 Å². The van der Waals surface area contributed by atoms with E-state index in [0.717, 1.165) is 20.4 Å². The van der Waals surface area contributed by atoms with Crippen molar-refractivity contribution in [3.8, 4) is 0 Å². The Morgan fingerprint density at radius 3 is 3.12 bits per heavy atom. The van der Waals surface area contributed by atoms with Gasteiger partial charge in [0, 0.05) is 5.02 Å². The van der Waals surface area contributed by atoms with E-state index in [9.17, 15) is 0 Å². The van der Waals surface area contributed by atoms with E-state index in [1.165, 1.54) is 0 Å². The van der Waals surface area contributed by atoms with Crippen molar-refractivity contribution in [2.24, 2.45) is 5.73 Å². The Kier molecular flexibility index (Phi) is 2.92. The molecule has 0 radical (unpaired) electrons. The van der Waals surface area contributed by atoms with E-state index in [0.29, 0.717) is 13.2 Å². The summed E-state index contributed by atoms with van der Waals surface area (Å²) in [6.07, 6.45) is 0. The zero-order valence-electron chi connectivity index (χ0n) is 9.02. The molecule has 1 aliphatic rings. The number of thiazole rings is 1. The molecule has 1 aromatic heterocycles. The van der Waals surface area contributed by atoms with Crippen molar-refractivity contribution >= 4 is 38.3 Å². The highest BCUT2D eigenvalue weighted by Crippen LogP contribution is 2.29. The maximum Gasteiger partial charge on any atom is 0.184 e. The topological polar surface area (TPSA) is 60.2 Å². The molecule has 1 aromatic carbocycles. The maximum atomic E-state index is 5.94.